The molecule has 7 nitrogen and oxygen atoms in total. The van der Waals surface area contributed by atoms with E-state index in [1.165, 1.54) is 0 Å². The zero-order valence-electron chi connectivity index (χ0n) is 17.5. The highest BCUT2D eigenvalue weighted by Crippen LogP contribution is 2.33. The largest absolute Gasteiger partial charge is 0.497 e. The number of nitrogens with one attached hydrogen (secondary N) is 2. The molecule has 0 bridgehead atoms. The summed E-state index contributed by atoms with van der Waals surface area (Å²) < 4.78 is 12.8. The first kappa shape index (κ1) is 20.8. The minimum atomic E-state index is -0.206. The Balaban J connectivity index is 1.55. The van der Waals surface area contributed by atoms with Gasteiger partial charge in [0.25, 0.3) is 0 Å². The average molecular weight is 439 g/mol. The van der Waals surface area contributed by atoms with Gasteiger partial charge in [0.15, 0.2) is 5.82 Å². The first-order valence-electron chi connectivity index (χ1n) is 9.88. The number of fused-ring (bicyclic) bond motifs is 1. The zero-order chi connectivity index (χ0) is 22.0. The van der Waals surface area contributed by atoms with Crippen LogP contribution >= 0.6 is 11.6 Å². The van der Waals surface area contributed by atoms with E-state index >= 15 is 0 Å². The SMILES string of the molecule is CCn1c(-c2cc(NC(=O)Cc3ccc(OC)cc3Cl)n[nH]2)cc2c(OC)cccc21. The highest BCUT2D eigenvalue weighted by atomic mass is 35.5. The number of hydrogen-bond acceptors (Lipinski definition) is 4. The predicted molar refractivity (Wildman–Crippen MR) is 122 cm³/mol. The maximum Gasteiger partial charge on any atom is 0.230 e. The molecule has 2 N–H and O–H groups in total. The molecule has 160 valence electrons. The topological polar surface area (TPSA) is 81.2 Å². The van der Waals surface area contributed by atoms with E-state index in [4.69, 9.17) is 21.1 Å². The van der Waals surface area contributed by atoms with Gasteiger partial charge in [0.2, 0.25) is 5.91 Å². The minimum Gasteiger partial charge on any atom is -0.497 e. The van der Waals surface area contributed by atoms with Crippen molar-refractivity contribution in [3.8, 4) is 22.9 Å². The lowest BCUT2D eigenvalue weighted by atomic mass is 10.1. The van der Waals surface area contributed by atoms with Crippen LogP contribution in [0.3, 0.4) is 0 Å². The number of aromatic amines is 1. The number of carbonyl (C=O) groups excluding carboxylic acids is 1. The molecule has 0 aliphatic heterocycles. The number of H-pyrrole nitrogens is 1. The van der Waals surface area contributed by atoms with Crippen molar-refractivity contribution in [2.45, 2.75) is 19.9 Å². The Bertz CT molecular complexity index is 1250. The van der Waals surface area contributed by atoms with Gasteiger partial charge in [-0.15, -0.1) is 0 Å². The van der Waals surface area contributed by atoms with Crippen molar-refractivity contribution in [3.05, 3.63) is 59.1 Å². The van der Waals surface area contributed by atoms with E-state index in [0.717, 1.165) is 34.6 Å². The number of benzene rings is 2. The fraction of sp³-hybridized carbons (Fsp3) is 0.217. The van der Waals surface area contributed by atoms with Gasteiger partial charge in [-0.1, -0.05) is 23.7 Å². The van der Waals surface area contributed by atoms with Crippen molar-refractivity contribution in [1.82, 2.24) is 14.8 Å². The molecule has 0 saturated carbocycles. The van der Waals surface area contributed by atoms with Crippen molar-refractivity contribution >= 4 is 34.2 Å². The van der Waals surface area contributed by atoms with Gasteiger partial charge in [-0.25, -0.2) is 0 Å². The van der Waals surface area contributed by atoms with Crippen LogP contribution in [0.2, 0.25) is 5.02 Å². The summed E-state index contributed by atoms with van der Waals surface area (Å²) in [5.41, 5.74) is 3.56. The Morgan fingerprint density at radius 1 is 1.16 bits per heavy atom. The molecule has 2 aromatic carbocycles. The lowest BCUT2D eigenvalue weighted by Crippen LogP contribution is -2.14. The Kier molecular flexibility index (Phi) is 5.86. The summed E-state index contributed by atoms with van der Waals surface area (Å²) in [4.78, 5) is 12.5. The second-order valence-electron chi connectivity index (χ2n) is 7.02. The number of hydrogen-bond donors (Lipinski definition) is 2. The van der Waals surface area contributed by atoms with E-state index < -0.39 is 0 Å². The smallest absolute Gasteiger partial charge is 0.230 e. The van der Waals surface area contributed by atoms with Gasteiger partial charge in [-0.2, -0.15) is 5.10 Å². The summed E-state index contributed by atoms with van der Waals surface area (Å²) >= 11 is 6.24. The van der Waals surface area contributed by atoms with E-state index in [0.29, 0.717) is 22.2 Å². The van der Waals surface area contributed by atoms with Gasteiger partial charge in [-0.3, -0.25) is 9.89 Å². The van der Waals surface area contributed by atoms with Gasteiger partial charge in [0, 0.05) is 23.0 Å². The third kappa shape index (κ3) is 4.09. The van der Waals surface area contributed by atoms with Crippen LogP contribution in [-0.2, 0) is 17.8 Å². The summed E-state index contributed by atoms with van der Waals surface area (Å²) in [6.45, 7) is 2.86. The maximum absolute atomic E-state index is 12.5. The summed E-state index contributed by atoms with van der Waals surface area (Å²) in [5.74, 6) is 1.71. The molecule has 0 unspecified atom stereocenters. The summed E-state index contributed by atoms with van der Waals surface area (Å²) in [6.07, 6.45) is 0.136. The highest BCUT2D eigenvalue weighted by Gasteiger charge is 2.16. The molecule has 0 fully saturated rings. The van der Waals surface area contributed by atoms with Crippen LogP contribution in [0.4, 0.5) is 5.82 Å². The Morgan fingerprint density at radius 2 is 2.00 bits per heavy atom. The number of nitrogens with zero attached hydrogens (tertiary/aromatic N) is 2. The zero-order valence-corrected chi connectivity index (χ0v) is 18.3. The van der Waals surface area contributed by atoms with Crippen molar-refractivity contribution in [1.29, 1.82) is 0 Å². The van der Waals surface area contributed by atoms with Crippen LogP contribution in [0.5, 0.6) is 11.5 Å². The van der Waals surface area contributed by atoms with E-state index in [1.54, 1.807) is 32.4 Å². The second-order valence-corrected chi connectivity index (χ2v) is 7.42. The number of halogens is 1. The van der Waals surface area contributed by atoms with Gasteiger partial charge >= 0.3 is 0 Å². The van der Waals surface area contributed by atoms with Crippen LogP contribution in [0.1, 0.15) is 12.5 Å². The number of rotatable bonds is 7. The molecule has 31 heavy (non-hydrogen) atoms. The molecule has 1 amide bonds. The average Bonchev–Trinajstić information content (AvgIpc) is 3.38. The third-order valence-electron chi connectivity index (χ3n) is 5.17. The number of aryl methyl sites for hydroxylation is 1. The first-order chi connectivity index (χ1) is 15.0. The van der Waals surface area contributed by atoms with Crippen LogP contribution < -0.4 is 14.8 Å². The molecule has 0 spiro atoms. The number of methoxy groups -OCH3 is 2. The van der Waals surface area contributed by atoms with E-state index in [2.05, 4.69) is 39.1 Å². The lowest BCUT2D eigenvalue weighted by Gasteiger charge is -2.07. The minimum absolute atomic E-state index is 0.136. The highest BCUT2D eigenvalue weighted by molar-refractivity contribution is 6.31. The number of amides is 1. The molecule has 0 aliphatic carbocycles. The standard InChI is InChI=1S/C23H23ClN4O3/c1-4-28-19-6-5-7-21(31-3)16(19)12-20(28)18-13-22(27-26-18)25-23(29)10-14-8-9-15(30-2)11-17(14)24/h5-9,11-13H,4,10H2,1-3H3,(H2,25,26,27,29). The van der Waals surface area contributed by atoms with Crippen molar-refractivity contribution in [2.75, 3.05) is 19.5 Å². The fourth-order valence-electron chi connectivity index (χ4n) is 3.67. The van der Waals surface area contributed by atoms with Gasteiger partial charge in [0.1, 0.15) is 11.5 Å². The molecule has 0 radical (unpaired) electrons. The van der Waals surface area contributed by atoms with Crippen molar-refractivity contribution in [3.63, 3.8) is 0 Å². The van der Waals surface area contributed by atoms with E-state index in [1.807, 2.05) is 18.2 Å². The van der Waals surface area contributed by atoms with Crippen LogP contribution in [-0.4, -0.2) is 34.9 Å². The maximum atomic E-state index is 12.5. The van der Waals surface area contributed by atoms with Crippen LogP contribution in [0.15, 0.2) is 48.5 Å². The molecule has 0 saturated heterocycles. The number of aromatic nitrogens is 3. The first-order valence-corrected chi connectivity index (χ1v) is 10.3. The molecule has 0 aliphatic rings. The molecular weight excluding hydrogens is 416 g/mol. The van der Waals surface area contributed by atoms with Gasteiger partial charge < -0.3 is 19.4 Å². The number of ether oxygens (including phenoxy) is 2. The third-order valence-corrected chi connectivity index (χ3v) is 5.53. The monoisotopic (exact) mass is 438 g/mol. The predicted octanol–water partition coefficient (Wildman–Crippen LogP) is 4.90. The van der Waals surface area contributed by atoms with E-state index in [-0.39, 0.29) is 12.3 Å². The van der Waals surface area contributed by atoms with Crippen LogP contribution in [0, 0.1) is 0 Å². The Hall–Kier alpha value is -3.45. The Labute approximate surface area is 184 Å². The molecule has 4 rings (SSSR count). The number of anilines is 1. The second kappa shape index (κ2) is 8.73. The molecule has 2 heterocycles. The summed E-state index contributed by atoms with van der Waals surface area (Å²) in [6, 6.07) is 15.1. The number of carbonyl (C=O) groups is 1. The van der Waals surface area contributed by atoms with E-state index in [9.17, 15) is 4.79 Å². The molecular formula is C23H23ClN4O3. The summed E-state index contributed by atoms with van der Waals surface area (Å²) in [7, 11) is 3.23. The molecule has 0 atom stereocenters. The molecule has 8 heteroatoms. The molecule has 4 aromatic rings. The van der Waals surface area contributed by atoms with Gasteiger partial charge in [0.05, 0.1) is 37.5 Å². The van der Waals surface area contributed by atoms with Crippen molar-refractivity contribution in [2.24, 2.45) is 0 Å². The fourth-order valence-corrected chi connectivity index (χ4v) is 3.91. The van der Waals surface area contributed by atoms with Crippen molar-refractivity contribution < 1.29 is 14.3 Å². The summed E-state index contributed by atoms with van der Waals surface area (Å²) in [5, 5.41) is 11.6. The lowest BCUT2D eigenvalue weighted by molar-refractivity contribution is -0.115. The van der Waals surface area contributed by atoms with Gasteiger partial charge in [-0.05, 0) is 42.8 Å². The van der Waals surface area contributed by atoms with Crippen LogP contribution in [0.25, 0.3) is 22.3 Å². The Morgan fingerprint density at radius 3 is 2.71 bits per heavy atom. The quantitative estimate of drug-likeness (QED) is 0.430. The normalized spacial score (nSPS) is 11.0. The molecule has 2 aromatic heterocycles.